The number of hydrogen-bond donors (Lipinski definition) is 3. The number of aromatic nitrogens is 2. The first-order chi connectivity index (χ1) is 8.11. The molecule has 0 amide bonds. The van der Waals surface area contributed by atoms with Crippen LogP contribution in [-0.4, -0.2) is 34.8 Å². The number of methoxy groups -OCH3 is 1. The van der Waals surface area contributed by atoms with Crippen molar-refractivity contribution in [2.45, 2.75) is 5.92 Å². The van der Waals surface area contributed by atoms with E-state index in [1.807, 2.05) is 0 Å². The molecule has 0 aliphatic carbocycles. The first-order valence-corrected chi connectivity index (χ1v) is 5.05. The molecule has 0 bridgehead atoms. The Morgan fingerprint density at radius 2 is 2.12 bits per heavy atom. The fourth-order valence-corrected chi connectivity index (χ4v) is 1.74. The number of fused-ring (bicyclic) bond motifs is 1. The van der Waals surface area contributed by atoms with E-state index in [1.54, 1.807) is 18.2 Å². The van der Waals surface area contributed by atoms with Gasteiger partial charge in [0, 0.05) is 7.11 Å². The zero-order valence-electron chi connectivity index (χ0n) is 9.19. The minimum absolute atomic E-state index is 0.0928. The summed E-state index contributed by atoms with van der Waals surface area (Å²) in [4.78, 5) is 27.3. The molecule has 1 aromatic heterocycles. The lowest BCUT2D eigenvalue weighted by molar-refractivity contribution is -0.140. The van der Waals surface area contributed by atoms with Crippen molar-refractivity contribution in [1.82, 2.24) is 9.97 Å². The fourth-order valence-electron chi connectivity index (χ4n) is 1.74. The third kappa shape index (κ3) is 2.21. The van der Waals surface area contributed by atoms with E-state index in [0.29, 0.717) is 16.6 Å². The first kappa shape index (κ1) is 11.4. The van der Waals surface area contributed by atoms with E-state index in [4.69, 9.17) is 9.84 Å². The van der Waals surface area contributed by atoms with Gasteiger partial charge in [-0.2, -0.15) is 0 Å². The number of hydrogen-bond acceptors (Lipinski definition) is 3. The molecule has 2 rings (SSSR count). The zero-order valence-corrected chi connectivity index (χ0v) is 9.19. The van der Waals surface area contributed by atoms with Gasteiger partial charge in [-0.05, 0) is 17.7 Å². The van der Waals surface area contributed by atoms with Crippen molar-refractivity contribution in [2.75, 3.05) is 13.7 Å². The Labute approximate surface area is 96.2 Å². The van der Waals surface area contributed by atoms with Crippen LogP contribution in [0.2, 0.25) is 0 Å². The fraction of sp³-hybridized carbons (Fsp3) is 0.273. The number of aliphatic carboxylic acids is 1. The van der Waals surface area contributed by atoms with Crippen molar-refractivity contribution in [3.8, 4) is 0 Å². The Balaban J connectivity index is 2.46. The van der Waals surface area contributed by atoms with E-state index in [1.165, 1.54) is 7.11 Å². The number of aromatic amines is 2. The summed E-state index contributed by atoms with van der Waals surface area (Å²) >= 11 is 0. The second kappa shape index (κ2) is 4.42. The van der Waals surface area contributed by atoms with Crippen molar-refractivity contribution >= 4 is 17.0 Å². The molecule has 1 unspecified atom stereocenters. The average Bonchev–Trinajstić information content (AvgIpc) is 2.64. The number of benzene rings is 1. The van der Waals surface area contributed by atoms with E-state index in [2.05, 4.69) is 9.97 Å². The summed E-state index contributed by atoms with van der Waals surface area (Å²) in [5.41, 5.74) is 1.54. The van der Waals surface area contributed by atoms with Gasteiger partial charge in [0.05, 0.1) is 17.6 Å². The highest BCUT2D eigenvalue weighted by Crippen LogP contribution is 2.19. The SMILES string of the molecule is COCC(C(=O)O)c1ccc2[nH]c(=O)[nH]c2c1. The molecule has 17 heavy (non-hydrogen) atoms. The highest BCUT2D eigenvalue weighted by Gasteiger charge is 2.20. The van der Waals surface area contributed by atoms with Crippen LogP contribution in [0.4, 0.5) is 0 Å². The van der Waals surface area contributed by atoms with Gasteiger partial charge in [-0.3, -0.25) is 4.79 Å². The summed E-state index contributed by atoms with van der Waals surface area (Å²) in [7, 11) is 1.45. The van der Waals surface area contributed by atoms with Crippen LogP contribution >= 0.6 is 0 Å². The lowest BCUT2D eigenvalue weighted by Gasteiger charge is -2.11. The Bertz CT molecular complexity index is 599. The van der Waals surface area contributed by atoms with Crippen LogP contribution < -0.4 is 5.69 Å². The van der Waals surface area contributed by atoms with Crippen LogP contribution in [0.25, 0.3) is 11.0 Å². The smallest absolute Gasteiger partial charge is 0.323 e. The summed E-state index contributed by atoms with van der Waals surface area (Å²) in [6.07, 6.45) is 0. The summed E-state index contributed by atoms with van der Waals surface area (Å²) < 4.78 is 4.88. The van der Waals surface area contributed by atoms with Gasteiger partial charge in [-0.25, -0.2) is 4.79 Å². The van der Waals surface area contributed by atoms with E-state index < -0.39 is 11.9 Å². The largest absolute Gasteiger partial charge is 0.481 e. The number of rotatable bonds is 4. The number of ether oxygens (including phenoxy) is 1. The van der Waals surface area contributed by atoms with Crippen molar-refractivity contribution < 1.29 is 14.6 Å². The summed E-state index contributed by atoms with van der Waals surface area (Å²) in [5, 5.41) is 9.08. The van der Waals surface area contributed by atoms with Gasteiger partial charge in [0.1, 0.15) is 5.92 Å². The Kier molecular flexibility index (Phi) is 2.97. The number of nitrogens with one attached hydrogen (secondary N) is 2. The lowest BCUT2D eigenvalue weighted by Crippen LogP contribution is -2.16. The standard InChI is InChI=1S/C11H12N2O4/c1-17-5-7(10(14)15)6-2-3-8-9(4-6)13-11(16)12-8/h2-4,7H,5H2,1H3,(H,14,15)(H2,12,13,16). The van der Waals surface area contributed by atoms with Crippen LogP contribution in [0.15, 0.2) is 23.0 Å². The van der Waals surface area contributed by atoms with Crippen molar-refractivity contribution in [3.63, 3.8) is 0 Å². The van der Waals surface area contributed by atoms with E-state index >= 15 is 0 Å². The number of carbonyl (C=O) groups is 1. The molecule has 0 aliphatic heterocycles. The van der Waals surface area contributed by atoms with E-state index in [0.717, 1.165) is 0 Å². The van der Waals surface area contributed by atoms with Crippen LogP contribution in [-0.2, 0) is 9.53 Å². The maximum Gasteiger partial charge on any atom is 0.323 e. The van der Waals surface area contributed by atoms with Crippen LogP contribution in [0.3, 0.4) is 0 Å². The zero-order chi connectivity index (χ0) is 12.4. The topological polar surface area (TPSA) is 95.2 Å². The maximum atomic E-state index is 11.1. The maximum absolute atomic E-state index is 11.1. The average molecular weight is 236 g/mol. The van der Waals surface area contributed by atoms with Gasteiger partial charge in [0.2, 0.25) is 0 Å². The second-order valence-corrected chi connectivity index (χ2v) is 3.73. The first-order valence-electron chi connectivity index (χ1n) is 5.05. The van der Waals surface area contributed by atoms with Crippen LogP contribution in [0.1, 0.15) is 11.5 Å². The summed E-state index contributed by atoms with van der Waals surface area (Å²) in [6.45, 7) is 0.0928. The van der Waals surface area contributed by atoms with Gasteiger partial charge >= 0.3 is 11.7 Å². The van der Waals surface area contributed by atoms with Crippen molar-refractivity contribution in [2.24, 2.45) is 0 Å². The molecule has 0 radical (unpaired) electrons. The molecule has 1 heterocycles. The van der Waals surface area contributed by atoms with Gasteiger partial charge in [-0.15, -0.1) is 0 Å². The minimum Gasteiger partial charge on any atom is -0.481 e. The molecule has 6 heteroatoms. The van der Waals surface area contributed by atoms with Gasteiger partial charge in [-0.1, -0.05) is 6.07 Å². The Morgan fingerprint density at radius 1 is 1.41 bits per heavy atom. The predicted octanol–water partition coefficient (Wildman–Crippen LogP) is 0.671. The minimum atomic E-state index is -0.955. The number of imidazole rings is 1. The molecule has 3 N–H and O–H groups in total. The molecule has 0 spiro atoms. The lowest BCUT2D eigenvalue weighted by atomic mass is 10.00. The highest BCUT2D eigenvalue weighted by molar-refractivity contribution is 5.80. The molecule has 90 valence electrons. The van der Waals surface area contributed by atoms with Crippen molar-refractivity contribution in [3.05, 3.63) is 34.2 Å². The van der Waals surface area contributed by atoms with E-state index in [9.17, 15) is 9.59 Å². The molecule has 0 saturated heterocycles. The highest BCUT2D eigenvalue weighted by atomic mass is 16.5. The molecular weight excluding hydrogens is 224 g/mol. The number of carboxylic acid groups (broad SMARTS) is 1. The molecule has 2 aromatic rings. The Morgan fingerprint density at radius 3 is 2.76 bits per heavy atom. The van der Waals surface area contributed by atoms with Gasteiger partial charge < -0.3 is 19.8 Å². The predicted molar refractivity (Wildman–Crippen MR) is 61.2 cm³/mol. The summed E-state index contributed by atoms with van der Waals surface area (Å²) in [6, 6.07) is 4.99. The third-order valence-corrected chi connectivity index (χ3v) is 2.57. The molecule has 0 fully saturated rings. The molecule has 6 nitrogen and oxygen atoms in total. The van der Waals surface area contributed by atoms with E-state index in [-0.39, 0.29) is 12.3 Å². The number of H-pyrrole nitrogens is 2. The summed E-state index contributed by atoms with van der Waals surface area (Å²) in [5.74, 6) is -1.69. The number of carboxylic acids is 1. The van der Waals surface area contributed by atoms with Crippen LogP contribution in [0.5, 0.6) is 0 Å². The van der Waals surface area contributed by atoms with Crippen LogP contribution in [0, 0.1) is 0 Å². The normalized spacial score (nSPS) is 12.8. The second-order valence-electron chi connectivity index (χ2n) is 3.73. The molecule has 0 aliphatic rings. The third-order valence-electron chi connectivity index (χ3n) is 2.57. The molecular formula is C11H12N2O4. The molecule has 1 aromatic carbocycles. The Hall–Kier alpha value is -2.08. The van der Waals surface area contributed by atoms with Gasteiger partial charge in [0.15, 0.2) is 0 Å². The molecule has 1 atom stereocenters. The molecule has 0 saturated carbocycles. The monoisotopic (exact) mass is 236 g/mol. The van der Waals surface area contributed by atoms with Gasteiger partial charge in [0.25, 0.3) is 0 Å². The van der Waals surface area contributed by atoms with Crippen molar-refractivity contribution in [1.29, 1.82) is 0 Å². The quantitative estimate of drug-likeness (QED) is 0.727.